The molecule has 0 bridgehead atoms. The number of hydrogen-bond donors (Lipinski definition) is 1. The highest BCUT2D eigenvalue weighted by Crippen LogP contribution is 2.46. The molecule has 2 aliphatic rings. The topological polar surface area (TPSA) is 98.6 Å². The molecule has 11 heteroatoms. The van der Waals surface area contributed by atoms with Crippen LogP contribution < -0.4 is 10.5 Å². The molecule has 0 saturated carbocycles. The normalized spacial score (nSPS) is 20.0. The molecule has 0 spiro atoms. The fraction of sp³-hybridized carbons (Fsp3) is 0.273. The average molecular weight is 454 g/mol. The second kappa shape index (κ2) is 6.80. The van der Waals surface area contributed by atoms with Gasteiger partial charge < -0.3 is 15.4 Å². The van der Waals surface area contributed by atoms with E-state index >= 15 is 0 Å². The number of imidazole rings is 1. The van der Waals surface area contributed by atoms with E-state index in [-0.39, 0.29) is 17.4 Å². The molecular weight excluding hydrogens is 437 g/mol. The number of halogens is 3. The Balaban J connectivity index is 1.40. The van der Waals surface area contributed by atoms with Crippen LogP contribution in [0.5, 0.6) is 5.75 Å². The van der Waals surface area contributed by atoms with Crippen LogP contribution in [-0.4, -0.2) is 42.8 Å². The Kier molecular flexibility index (Phi) is 4.08. The number of pyridine rings is 1. The molecule has 168 valence electrons. The third kappa shape index (κ3) is 2.99. The van der Waals surface area contributed by atoms with Crippen molar-refractivity contribution in [1.82, 2.24) is 24.3 Å². The van der Waals surface area contributed by atoms with E-state index in [0.29, 0.717) is 47.3 Å². The summed E-state index contributed by atoms with van der Waals surface area (Å²) in [5, 5.41) is 0. The summed E-state index contributed by atoms with van der Waals surface area (Å²) in [4.78, 5) is 27.9. The van der Waals surface area contributed by atoms with Gasteiger partial charge in [0.2, 0.25) is 0 Å². The van der Waals surface area contributed by atoms with Crippen LogP contribution in [0.15, 0.2) is 43.0 Å². The lowest BCUT2D eigenvalue weighted by Crippen LogP contribution is -2.44. The van der Waals surface area contributed by atoms with Gasteiger partial charge in [-0.15, -0.1) is 0 Å². The van der Waals surface area contributed by atoms with Crippen LogP contribution in [-0.2, 0) is 6.18 Å². The maximum atomic E-state index is 13.5. The number of alkyl halides is 3. The maximum absolute atomic E-state index is 13.5. The van der Waals surface area contributed by atoms with Crippen LogP contribution >= 0.6 is 0 Å². The van der Waals surface area contributed by atoms with Gasteiger partial charge in [-0.1, -0.05) is 6.07 Å². The molecule has 1 amide bonds. The summed E-state index contributed by atoms with van der Waals surface area (Å²) in [5.74, 6) is 0.150. The van der Waals surface area contributed by atoms with Crippen molar-refractivity contribution in [3.63, 3.8) is 0 Å². The Morgan fingerprint density at radius 3 is 2.85 bits per heavy atom. The summed E-state index contributed by atoms with van der Waals surface area (Å²) in [7, 11) is 0. The Labute approximate surface area is 184 Å². The molecule has 2 atom stereocenters. The first-order chi connectivity index (χ1) is 15.8. The number of nitrogen functional groups attached to an aromatic ring is 1. The van der Waals surface area contributed by atoms with E-state index < -0.39 is 23.9 Å². The standard InChI is InChI=1S/C22H17F3N6O2/c23-22(24,25)11-3-4-12-18(6-11)33-17-2-1-5-30(19(12)17)21(32)13-7-15-14(8-28-13)29-20(26)16-9-27-10-31(15)16/h3-4,6-10,17,19H,1-2,5H2,(H2,26,29)/t17-,19-/m0/s1. The molecule has 6 rings (SSSR count). The Bertz CT molecular complexity index is 1430. The highest BCUT2D eigenvalue weighted by molar-refractivity contribution is 5.96. The molecule has 1 saturated heterocycles. The fourth-order valence-corrected chi connectivity index (χ4v) is 4.74. The predicted octanol–water partition coefficient (Wildman–Crippen LogP) is 3.62. The van der Waals surface area contributed by atoms with Crippen molar-refractivity contribution >= 4 is 28.3 Å². The zero-order chi connectivity index (χ0) is 22.9. The number of ether oxygens (including phenoxy) is 1. The largest absolute Gasteiger partial charge is 0.488 e. The van der Waals surface area contributed by atoms with Crippen molar-refractivity contribution in [3.05, 3.63) is 59.8 Å². The molecule has 0 aliphatic carbocycles. The van der Waals surface area contributed by atoms with Gasteiger partial charge in [-0.05, 0) is 31.0 Å². The lowest BCUT2D eigenvalue weighted by Gasteiger charge is -2.36. The Morgan fingerprint density at radius 1 is 1.18 bits per heavy atom. The number of hydrogen-bond acceptors (Lipinski definition) is 6. The van der Waals surface area contributed by atoms with Gasteiger partial charge in [-0.2, -0.15) is 13.2 Å². The Hall–Kier alpha value is -3.89. The first-order valence-corrected chi connectivity index (χ1v) is 10.4. The predicted molar refractivity (Wildman–Crippen MR) is 112 cm³/mol. The van der Waals surface area contributed by atoms with Gasteiger partial charge in [0.25, 0.3) is 5.91 Å². The van der Waals surface area contributed by atoms with Crippen LogP contribution in [0.3, 0.4) is 0 Å². The van der Waals surface area contributed by atoms with E-state index in [4.69, 9.17) is 10.5 Å². The molecule has 5 heterocycles. The third-order valence-corrected chi connectivity index (χ3v) is 6.26. The quantitative estimate of drug-likeness (QED) is 0.472. The van der Waals surface area contributed by atoms with E-state index in [9.17, 15) is 18.0 Å². The summed E-state index contributed by atoms with van der Waals surface area (Å²) in [6, 6.07) is 4.60. The molecule has 4 aromatic rings. The number of piperidine rings is 1. The lowest BCUT2D eigenvalue weighted by atomic mass is 9.93. The number of rotatable bonds is 1. The zero-order valence-corrected chi connectivity index (χ0v) is 17.1. The summed E-state index contributed by atoms with van der Waals surface area (Å²) in [6.45, 7) is 0.448. The van der Waals surface area contributed by atoms with Crippen molar-refractivity contribution in [2.24, 2.45) is 0 Å². The fourth-order valence-electron chi connectivity index (χ4n) is 4.74. The van der Waals surface area contributed by atoms with E-state index in [0.717, 1.165) is 12.1 Å². The van der Waals surface area contributed by atoms with Gasteiger partial charge in [-0.25, -0.2) is 15.0 Å². The number of nitrogens with zero attached hydrogens (tertiary/aromatic N) is 5. The highest BCUT2D eigenvalue weighted by Gasteiger charge is 2.44. The second-order valence-electron chi connectivity index (χ2n) is 8.20. The van der Waals surface area contributed by atoms with Crippen LogP contribution in [0, 0.1) is 0 Å². The minimum Gasteiger partial charge on any atom is -0.488 e. The van der Waals surface area contributed by atoms with Crippen LogP contribution in [0.25, 0.3) is 16.6 Å². The third-order valence-electron chi connectivity index (χ3n) is 6.26. The SMILES string of the molecule is Nc1nc2cnc(C(=O)N3CCC[C@@H]4Oc5cc(C(F)(F)F)ccc5[C@@H]43)cc2n2cncc12. The number of aromatic nitrogens is 4. The van der Waals surface area contributed by atoms with E-state index in [1.54, 1.807) is 27.9 Å². The van der Waals surface area contributed by atoms with E-state index in [2.05, 4.69) is 15.0 Å². The minimum absolute atomic E-state index is 0.172. The van der Waals surface area contributed by atoms with E-state index in [1.165, 1.54) is 12.3 Å². The van der Waals surface area contributed by atoms with Crippen LogP contribution in [0.1, 0.15) is 40.5 Å². The molecule has 1 aromatic carbocycles. The second-order valence-corrected chi connectivity index (χ2v) is 8.20. The molecule has 33 heavy (non-hydrogen) atoms. The molecule has 3 aromatic heterocycles. The van der Waals surface area contributed by atoms with Crippen LogP contribution in [0.4, 0.5) is 19.0 Å². The molecule has 0 unspecified atom stereocenters. The number of amides is 1. The first-order valence-electron chi connectivity index (χ1n) is 10.4. The number of carbonyl (C=O) groups excluding carboxylic acids is 1. The average Bonchev–Trinajstić information content (AvgIpc) is 3.43. The van der Waals surface area contributed by atoms with Gasteiger partial charge >= 0.3 is 6.18 Å². The van der Waals surface area contributed by atoms with E-state index in [1.807, 2.05) is 0 Å². The molecular formula is C22H17F3N6O2. The highest BCUT2D eigenvalue weighted by atomic mass is 19.4. The molecule has 1 fully saturated rings. The summed E-state index contributed by atoms with van der Waals surface area (Å²) in [6.07, 6.45) is 1.10. The summed E-state index contributed by atoms with van der Waals surface area (Å²) in [5.41, 5.74) is 7.72. The monoisotopic (exact) mass is 454 g/mol. The number of likely N-dealkylation sites (tertiary alicyclic amines) is 1. The van der Waals surface area contributed by atoms with Crippen molar-refractivity contribution < 1.29 is 22.7 Å². The number of benzene rings is 1. The van der Waals surface area contributed by atoms with Crippen molar-refractivity contribution in [2.45, 2.75) is 31.2 Å². The van der Waals surface area contributed by atoms with Gasteiger partial charge in [0.1, 0.15) is 34.4 Å². The minimum atomic E-state index is -4.47. The zero-order valence-electron chi connectivity index (χ0n) is 17.1. The summed E-state index contributed by atoms with van der Waals surface area (Å²) < 4.78 is 47.0. The number of anilines is 1. The molecule has 2 aliphatic heterocycles. The van der Waals surface area contributed by atoms with Gasteiger partial charge in [-0.3, -0.25) is 9.20 Å². The van der Waals surface area contributed by atoms with Crippen molar-refractivity contribution in [2.75, 3.05) is 12.3 Å². The van der Waals surface area contributed by atoms with Gasteiger partial charge in [0.15, 0.2) is 0 Å². The molecule has 2 N–H and O–H groups in total. The Morgan fingerprint density at radius 2 is 2.03 bits per heavy atom. The smallest absolute Gasteiger partial charge is 0.416 e. The number of carbonyl (C=O) groups is 1. The molecule has 8 nitrogen and oxygen atoms in total. The number of fused-ring (bicyclic) bond motifs is 6. The summed E-state index contributed by atoms with van der Waals surface area (Å²) >= 11 is 0. The van der Waals surface area contributed by atoms with Crippen LogP contribution in [0.2, 0.25) is 0 Å². The number of nitrogens with two attached hydrogens (primary N) is 1. The lowest BCUT2D eigenvalue weighted by molar-refractivity contribution is -0.137. The first kappa shape index (κ1) is 19.8. The molecule has 0 radical (unpaired) electrons. The van der Waals surface area contributed by atoms with Crippen molar-refractivity contribution in [3.8, 4) is 5.75 Å². The maximum Gasteiger partial charge on any atom is 0.416 e. The van der Waals surface area contributed by atoms with Gasteiger partial charge in [0, 0.05) is 12.1 Å². The van der Waals surface area contributed by atoms with Crippen molar-refractivity contribution in [1.29, 1.82) is 0 Å². The van der Waals surface area contributed by atoms with Gasteiger partial charge in [0.05, 0.1) is 35.8 Å².